The van der Waals surface area contributed by atoms with E-state index in [2.05, 4.69) is 10.3 Å². The molecule has 1 aromatic rings. The summed E-state index contributed by atoms with van der Waals surface area (Å²) in [6.07, 6.45) is 1.17. The van der Waals surface area contributed by atoms with Crippen molar-refractivity contribution in [2.24, 2.45) is 0 Å². The summed E-state index contributed by atoms with van der Waals surface area (Å²) in [7, 11) is 1.49. The zero-order valence-electron chi connectivity index (χ0n) is 11.5. The molecule has 8 nitrogen and oxygen atoms in total. The number of hydrogen-bond donors (Lipinski definition) is 2. The fraction of sp³-hybridized carbons (Fsp3) is 0.462. The summed E-state index contributed by atoms with van der Waals surface area (Å²) in [5, 5.41) is 2.40. The number of nitrogens with two attached hydrogens (primary N) is 1. The normalized spacial score (nSPS) is 23.7. The number of alkyl carbamates (subject to hydrolysis) is 1. The minimum Gasteiger partial charge on any atom is -0.475 e. The number of amides is 2. The summed E-state index contributed by atoms with van der Waals surface area (Å²) in [5.74, 6) is 0.0997. The van der Waals surface area contributed by atoms with Crippen LogP contribution in [0.3, 0.4) is 0 Å². The first-order chi connectivity index (χ1) is 10.1. The van der Waals surface area contributed by atoms with E-state index in [-0.39, 0.29) is 18.1 Å². The number of nitrogens with zero attached hydrogens (tertiary/aromatic N) is 2. The van der Waals surface area contributed by atoms with E-state index in [1.807, 2.05) is 0 Å². The molecule has 21 heavy (non-hydrogen) atoms. The highest BCUT2D eigenvalue weighted by molar-refractivity contribution is 5.98. The predicted molar refractivity (Wildman–Crippen MR) is 72.9 cm³/mol. The van der Waals surface area contributed by atoms with Gasteiger partial charge in [0.1, 0.15) is 18.3 Å². The van der Waals surface area contributed by atoms with Crippen molar-refractivity contribution in [2.75, 3.05) is 25.9 Å². The highest BCUT2D eigenvalue weighted by atomic mass is 16.6. The van der Waals surface area contributed by atoms with Crippen molar-refractivity contribution in [1.29, 1.82) is 0 Å². The van der Waals surface area contributed by atoms with Crippen LogP contribution in [-0.2, 0) is 4.74 Å². The van der Waals surface area contributed by atoms with Gasteiger partial charge in [0.05, 0.1) is 24.5 Å². The topological polar surface area (TPSA) is 107 Å². The molecular weight excluding hydrogens is 276 g/mol. The number of anilines is 1. The molecule has 112 valence electrons. The Balaban J connectivity index is 1.81. The van der Waals surface area contributed by atoms with E-state index in [0.717, 1.165) is 0 Å². The summed E-state index contributed by atoms with van der Waals surface area (Å²) in [4.78, 5) is 29.5. The molecule has 0 aromatic carbocycles. The molecule has 2 aliphatic rings. The van der Waals surface area contributed by atoms with Gasteiger partial charge in [-0.2, -0.15) is 0 Å². The first-order valence-corrected chi connectivity index (χ1v) is 6.66. The maximum Gasteiger partial charge on any atom is 0.407 e. The van der Waals surface area contributed by atoms with Gasteiger partial charge in [0.15, 0.2) is 0 Å². The van der Waals surface area contributed by atoms with Crippen LogP contribution < -0.4 is 15.8 Å². The Morgan fingerprint density at radius 1 is 1.62 bits per heavy atom. The number of carbonyl (C=O) groups excluding carboxylic acids is 2. The van der Waals surface area contributed by atoms with Crippen molar-refractivity contribution < 1.29 is 19.1 Å². The lowest BCUT2D eigenvalue weighted by Crippen LogP contribution is -2.37. The van der Waals surface area contributed by atoms with E-state index in [1.54, 1.807) is 11.0 Å². The lowest BCUT2D eigenvalue weighted by Gasteiger charge is -2.20. The van der Waals surface area contributed by atoms with Crippen LogP contribution in [0, 0.1) is 0 Å². The smallest absolute Gasteiger partial charge is 0.407 e. The van der Waals surface area contributed by atoms with Crippen molar-refractivity contribution in [2.45, 2.75) is 18.6 Å². The highest BCUT2D eigenvalue weighted by Crippen LogP contribution is 2.30. The lowest BCUT2D eigenvalue weighted by atomic mass is 10.2. The van der Waals surface area contributed by atoms with Crippen LogP contribution in [0.1, 0.15) is 16.8 Å². The Kier molecular flexibility index (Phi) is 3.28. The van der Waals surface area contributed by atoms with E-state index < -0.39 is 6.09 Å². The molecule has 3 heterocycles. The summed E-state index contributed by atoms with van der Waals surface area (Å²) in [6.45, 7) is 0.664. The number of rotatable bonds is 1. The molecule has 0 bridgehead atoms. The standard InChI is InChI=1S/C13H16N4O4/c1-15-13(19)21-9-3-8-6-20-11-10(2-7(14)4-16-11)12(18)17(8)5-9/h2,4,8-9H,3,5-6,14H2,1H3,(H,15,19)/t8-,9+/m1/s1. The van der Waals surface area contributed by atoms with Crippen LogP contribution >= 0.6 is 0 Å². The van der Waals surface area contributed by atoms with Crippen LogP contribution in [-0.4, -0.2) is 54.2 Å². The molecule has 1 fully saturated rings. The Hall–Kier alpha value is -2.51. The van der Waals surface area contributed by atoms with Gasteiger partial charge >= 0.3 is 6.09 Å². The van der Waals surface area contributed by atoms with E-state index in [9.17, 15) is 9.59 Å². The number of pyridine rings is 1. The number of hydrogen-bond acceptors (Lipinski definition) is 6. The van der Waals surface area contributed by atoms with Gasteiger partial charge in [-0.25, -0.2) is 9.78 Å². The third kappa shape index (κ3) is 2.44. The van der Waals surface area contributed by atoms with Crippen molar-refractivity contribution in [3.8, 4) is 5.88 Å². The molecule has 0 saturated carbocycles. The second-order valence-electron chi connectivity index (χ2n) is 5.06. The van der Waals surface area contributed by atoms with Gasteiger partial charge in [-0.1, -0.05) is 0 Å². The molecule has 3 N–H and O–H groups in total. The molecule has 0 unspecified atom stereocenters. The Labute approximate surface area is 121 Å². The van der Waals surface area contributed by atoms with Crippen molar-refractivity contribution in [1.82, 2.24) is 15.2 Å². The molecule has 2 aliphatic heterocycles. The molecule has 2 amide bonds. The Morgan fingerprint density at radius 2 is 2.43 bits per heavy atom. The molecule has 8 heteroatoms. The SMILES string of the molecule is CNC(=O)O[C@H]1C[C@@H]2COc3ncc(N)cc3C(=O)N2C1. The average molecular weight is 292 g/mol. The highest BCUT2D eigenvalue weighted by Gasteiger charge is 2.41. The molecule has 0 radical (unpaired) electrons. The monoisotopic (exact) mass is 292 g/mol. The maximum atomic E-state index is 12.6. The summed E-state index contributed by atoms with van der Waals surface area (Å²) in [5.41, 5.74) is 6.43. The number of aromatic nitrogens is 1. The molecular formula is C13H16N4O4. The first-order valence-electron chi connectivity index (χ1n) is 6.66. The van der Waals surface area contributed by atoms with E-state index in [1.165, 1.54) is 13.2 Å². The Bertz CT molecular complexity index is 592. The summed E-state index contributed by atoms with van der Waals surface area (Å²) in [6, 6.07) is 1.42. The average Bonchev–Trinajstić information content (AvgIpc) is 2.82. The minimum absolute atomic E-state index is 0.136. The number of fused-ring (bicyclic) bond motifs is 2. The number of carbonyl (C=O) groups is 2. The third-order valence-corrected chi connectivity index (χ3v) is 3.63. The zero-order valence-corrected chi connectivity index (χ0v) is 11.5. The van der Waals surface area contributed by atoms with Gasteiger partial charge in [0.25, 0.3) is 5.91 Å². The van der Waals surface area contributed by atoms with Gasteiger partial charge in [-0.15, -0.1) is 0 Å². The fourth-order valence-electron chi connectivity index (χ4n) is 2.64. The van der Waals surface area contributed by atoms with Gasteiger partial charge in [-0.05, 0) is 6.07 Å². The van der Waals surface area contributed by atoms with Gasteiger partial charge in [-0.3, -0.25) is 4.79 Å². The van der Waals surface area contributed by atoms with Crippen LogP contribution in [0.2, 0.25) is 0 Å². The molecule has 1 saturated heterocycles. The molecule has 3 rings (SSSR count). The zero-order chi connectivity index (χ0) is 15.0. The van der Waals surface area contributed by atoms with Gasteiger partial charge in [0, 0.05) is 13.5 Å². The third-order valence-electron chi connectivity index (χ3n) is 3.63. The molecule has 1 aromatic heterocycles. The van der Waals surface area contributed by atoms with E-state index >= 15 is 0 Å². The lowest BCUT2D eigenvalue weighted by molar-refractivity contribution is 0.0690. The fourth-order valence-corrected chi connectivity index (χ4v) is 2.64. The number of nitrogens with one attached hydrogen (secondary N) is 1. The molecule has 2 atom stereocenters. The first kappa shape index (κ1) is 13.5. The van der Waals surface area contributed by atoms with E-state index in [0.29, 0.717) is 36.7 Å². The second kappa shape index (κ2) is 5.12. The van der Waals surface area contributed by atoms with Crippen molar-refractivity contribution >= 4 is 17.7 Å². The van der Waals surface area contributed by atoms with Crippen LogP contribution in [0.4, 0.5) is 10.5 Å². The van der Waals surface area contributed by atoms with Crippen molar-refractivity contribution in [3.05, 3.63) is 17.8 Å². The van der Waals surface area contributed by atoms with Crippen LogP contribution in [0.5, 0.6) is 5.88 Å². The Morgan fingerprint density at radius 3 is 3.19 bits per heavy atom. The molecule has 0 spiro atoms. The van der Waals surface area contributed by atoms with E-state index in [4.69, 9.17) is 15.2 Å². The van der Waals surface area contributed by atoms with Gasteiger partial charge < -0.3 is 25.4 Å². The number of nitrogen functional groups attached to an aromatic ring is 1. The van der Waals surface area contributed by atoms with Crippen molar-refractivity contribution in [3.63, 3.8) is 0 Å². The van der Waals surface area contributed by atoms with Crippen LogP contribution in [0.25, 0.3) is 0 Å². The van der Waals surface area contributed by atoms with Gasteiger partial charge in [0.2, 0.25) is 5.88 Å². The minimum atomic E-state index is -0.502. The quantitative estimate of drug-likeness (QED) is 0.754. The summed E-state index contributed by atoms with van der Waals surface area (Å²) < 4.78 is 10.8. The number of ether oxygens (including phenoxy) is 2. The predicted octanol–water partition coefficient (Wildman–Crippen LogP) is -0.00470. The largest absolute Gasteiger partial charge is 0.475 e. The van der Waals surface area contributed by atoms with Crippen LogP contribution in [0.15, 0.2) is 12.3 Å². The summed E-state index contributed by atoms with van der Waals surface area (Å²) >= 11 is 0. The molecule has 0 aliphatic carbocycles. The second-order valence-corrected chi connectivity index (χ2v) is 5.06. The maximum absolute atomic E-state index is 12.6.